The molecule has 0 saturated heterocycles. The number of hydrogen-bond acceptors (Lipinski definition) is 4. The van der Waals surface area contributed by atoms with Gasteiger partial charge in [-0.2, -0.15) is 0 Å². The maximum absolute atomic E-state index is 12.7. The third-order valence-electron chi connectivity index (χ3n) is 3.93. The van der Waals surface area contributed by atoms with Gasteiger partial charge >= 0.3 is 0 Å². The van der Waals surface area contributed by atoms with Crippen LogP contribution in [0.1, 0.15) is 12.0 Å². The van der Waals surface area contributed by atoms with Crippen LogP contribution in [-0.2, 0) is 13.1 Å². The number of aliphatic hydroxyl groups excluding tert-OH is 1. The van der Waals surface area contributed by atoms with Crippen LogP contribution in [0, 0.1) is 10.1 Å². The van der Waals surface area contributed by atoms with Crippen molar-refractivity contribution in [1.29, 1.82) is 0 Å². The Morgan fingerprint density at radius 1 is 1.08 bits per heavy atom. The van der Waals surface area contributed by atoms with Gasteiger partial charge in [0.05, 0.1) is 22.4 Å². The average Bonchev–Trinajstić information content (AvgIpc) is 2.85. The van der Waals surface area contributed by atoms with E-state index < -0.39 is 4.92 Å². The summed E-state index contributed by atoms with van der Waals surface area (Å²) in [5.41, 5.74) is 1.22. The zero-order chi connectivity index (χ0) is 17.1. The molecule has 0 atom stereocenters. The second-order valence-electron chi connectivity index (χ2n) is 5.51. The Hall–Kier alpha value is -2.93. The van der Waals surface area contributed by atoms with Gasteiger partial charge in [0.2, 0.25) is 0 Å². The normalized spacial score (nSPS) is 11.0. The van der Waals surface area contributed by atoms with Crippen LogP contribution >= 0.6 is 0 Å². The molecule has 0 aliphatic rings. The monoisotopic (exact) mass is 327 g/mol. The molecule has 0 unspecified atom stereocenters. The molecule has 24 heavy (non-hydrogen) atoms. The fourth-order valence-corrected chi connectivity index (χ4v) is 2.79. The molecule has 3 aromatic rings. The second kappa shape index (κ2) is 6.67. The van der Waals surface area contributed by atoms with Crippen LogP contribution in [0.3, 0.4) is 0 Å². The predicted octanol–water partition coefficient (Wildman–Crippen LogP) is 2.14. The molecular weight excluding hydrogens is 310 g/mol. The number of aromatic nitrogens is 2. The summed E-state index contributed by atoms with van der Waals surface area (Å²) >= 11 is 0. The number of aliphatic hydroxyl groups is 1. The number of rotatable bonds is 6. The molecule has 1 heterocycles. The number of non-ortho nitro benzene ring substituents is 1. The summed E-state index contributed by atoms with van der Waals surface area (Å²) in [6, 6.07) is 13.8. The van der Waals surface area contributed by atoms with E-state index in [0.717, 1.165) is 5.56 Å². The van der Waals surface area contributed by atoms with Crippen LogP contribution in [0.4, 0.5) is 5.69 Å². The molecule has 0 amide bonds. The third kappa shape index (κ3) is 2.93. The number of nitro groups is 1. The van der Waals surface area contributed by atoms with Gasteiger partial charge in [0.15, 0.2) is 0 Å². The SMILES string of the molecule is O=c1c2cc([N+](=O)[O-])ccc2n(CCCO)n1Cc1ccccc1. The topological polar surface area (TPSA) is 90.3 Å². The Bertz CT molecular complexity index is 928. The van der Waals surface area contributed by atoms with Crippen molar-refractivity contribution < 1.29 is 10.0 Å². The molecule has 7 nitrogen and oxygen atoms in total. The lowest BCUT2D eigenvalue weighted by Gasteiger charge is -2.12. The first kappa shape index (κ1) is 15.9. The fourth-order valence-electron chi connectivity index (χ4n) is 2.79. The highest BCUT2D eigenvalue weighted by Gasteiger charge is 2.16. The molecule has 0 aliphatic heterocycles. The van der Waals surface area contributed by atoms with Gasteiger partial charge in [0, 0.05) is 25.3 Å². The predicted molar refractivity (Wildman–Crippen MR) is 90.1 cm³/mol. The summed E-state index contributed by atoms with van der Waals surface area (Å²) < 4.78 is 3.35. The lowest BCUT2D eigenvalue weighted by atomic mass is 10.2. The summed E-state index contributed by atoms with van der Waals surface area (Å²) in [4.78, 5) is 23.2. The number of nitrogens with zero attached hydrogens (tertiary/aromatic N) is 3. The molecule has 3 rings (SSSR count). The molecule has 7 heteroatoms. The zero-order valence-electron chi connectivity index (χ0n) is 13.0. The Kier molecular flexibility index (Phi) is 4.43. The summed E-state index contributed by atoms with van der Waals surface area (Å²) in [7, 11) is 0. The largest absolute Gasteiger partial charge is 0.396 e. The first-order chi connectivity index (χ1) is 11.6. The summed E-state index contributed by atoms with van der Waals surface area (Å²) in [6.45, 7) is 0.833. The number of nitro benzene ring substituents is 1. The van der Waals surface area contributed by atoms with Gasteiger partial charge in [-0.15, -0.1) is 0 Å². The van der Waals surface area contributed by atoms with Crippen molar-refractivity contribution in [2.75, 3.05) is 6.61 Å². The van der Waals surface area contributed by atoms with Gasteiger partial charge < -0.3 is 5.11 Å². The second-order valence-corrected chi connectivity index (χ2v) is 5.51. The molecule has 0 saturated carbocycles. The Labute approximate surface area is 137 Å². The summed E-state index contributed by atoms with van der Waals surface area (Å²) in [5, 5.41) is 20.4. The van der Waals surface area contributed by atoms with Crippen LogP contribution in [0.15, 0.2) is 53.3 Å². The van der Waals surface area contributed by atoms with Gasteiger partial charge in [-0.3, -0.25) is 19.6 Å². The molecule has 0 bridgehead atoms. The third-order valence-corrected chi connectivity index (χ3v) is 3.93. The molecule has 124 valence electrons. The van der Waals surface area contributed by atoms with E-state index in [1.807, 2.05) is 30.3 Å². The van der Waals surface area contributed by atoms with Gasteiger partial charge in [-0.05, 0) is 18.1 Å². The van der Waals surface area contributed by atoms with Crippen LogP contribution < -0.4 is 5.56 Å². The molecule has 0 fully saturated rings. The minimum atomic E-state index is -0.508. The van der Waals surface area contributed by atoms with E-state index >= 15 is 0 Å². The zero-order valence-corrected chi connectivity index (χ0v) is 13.0. The van der Waals surface area contributed by atoms with E-state index in [-0.39, 0.29) is 17.9 Å². The smallest absolute Gasteiger partial charge is 0.275 e. The Morgan fingerprint density at radius 2 is 1.83 bits per heavy atom. The van der Waals surface area contributed by atoms with Crippen LogP contribution in [-0.4, -0.2) is 26.0 Å². The number of hydrogen-bond donors (Lipinski definition) is 1. The van der Waals surface area contributed by atoms with Crippen LogP contribution in [0.25, 0.3) is 10.9 Å². The van der Waals surface area contributed by atoms with Crippen molar-refractivity contribution in [3.05, 3.63) is 74.6 Å². The Morgan fingerprint density at radius 3 is 2.50 bits per heavy atom. The minimum absolute atomic E-state index is 0.00613. The van der Waals surface area contributed by atoms with E-state index in [0.29, 0.717) is 30.4 Å². The summed E-state index contributed by atoms with van der Waals surface area (Å²) in [5.74, 6) is 0. The fraction of sp³-hybridized carbons (Fsp3) is 0.235. The van der Waals surface area contributed by atoms with Gasteiger partial charge in [-0.1, -0.05) is 30.3 Å². The van der Waals surface area contributed by atoms with E-state index in [4.69, 9.17) is 5.11 Å². The van der Waals surface area contributed by atoms with Crippen LogP contribution in [0.2, 0.25) is 0 Å². The number of benzene rings is 2. The van der Waals surface area contributed by atoms with E-state index in [2.05, 4.69) is 0 Å². The molecule has 1 N–H and O–H groups in total. The molecule has 1 aromatic heterocycles. The molecule has 0 aliphatic carbocycles. The van der Waals surface area contributed by atoms with Crippen molar-refractivity contribution in [1.82, 2.24) is 9.36 Å². The first-order valence-electron chi connectivity index (χ1n) is 7.64. The standard InChI is InChI=1S/C17H17N3O4/c21-10-4-9-18-16-8-7-14(20(23)24)11-15(16)17(22)19(18)12-13-5-2-1-3-6-13/h1-3,5-8,11,21H,4,9-10,12H2. The van der Waals surface area contributed by atoms with Crippen molar-refractivity contribution in [2.24, 2.45) is 0 Å². The van der Waals surface area contributed by atoms with E-state index in [1.165, 1.54) is 12.1 Å². The molecular formula is C17H17N3O4. The Balaban J connectivity index is 2.16. The van der Waals surface area contributed by atoms with Crippen molar-refractivity contribution in [3.63, 3.8) is 0 Å². The lowest BCUT2D eigenvalue weighted by molar-refractivity contribution is -0.384. The van der Waals surface area contributed by atoms with Crippen molar-refractivity contribution in [3.8, 4) is 0 Å². The molecule has 0 spiro atoms. The van der Waals surface area contributed by atoms with Gasteiger partial charge in [-0.25, -0.2) is 4.68 Å². The van der Waals surface area contributed by atoms with E-state index in [9.17, 15) is 14.9 Å². The quantitative estimate of drug-likeness (QED) is 0.555. The average molecular weight is 327 g/mol. The number of aryl methyl sites for hydroxylation is 1. The molecule has 0 radical (unpaired) electrons. The van der Waals surface area contributed by atoms with E-state index in [1.54, 1.807) is 15.4 Å². The van der Waals surface area contributed by atoms with Crippen LogP contribution in [0.5, 0.6) is 0 Å². The van der Waals surface area contributed by atoms with Crippen molar-refractivity contribution in [2.45, 2.75) is 19.5 Å². The lowest BCUT2D eigenvalue weighted by Crippen LogP contribution is -2.24. The van der Waals surface area contributed by atoms with Gasteiger partial charge in [0.1, 0.15) is 0 Å². The molecule has 2 aromatic carbocycles. The highest BCUT2D eigenvalue weighted by atomic mass is 16.6. The highest BCUT2D eigenvalue weighted by Crippen LogP contribution is 2.20. The maximum Gasteiger partial charge on any atom is 0.275 e. The first-order valence-corrected chi connectivity index (χ1v) is 7.64. The van der Waals surface area contributed by atoms with Crippen molar-refractivity contribution >= 4 is 16.6 Å². The van der Waals surface area contributed by atoms with Gasteiger partial charge in [0.25, 0.3) is 11.2 Å². The maximum atomic E-state index is 12.7. The number of fused-ring (bicyclic) bond motifs is 1. The highest BCUT2D eigenvalue weighted by molar-refractivity contribution is 5.81. The minimum Gasteiger partial charge on any atom is -0.396 e. The summed E-state index contributed by atoms with van der Waals surface area (Å²) in [6.07, 6.45) is 0.495.